The fourth-order valence-electron chi connectivity index (χ4n) is 2.17. The molecule has 2 aromatic rings. The van der Waals surface area contributed by atoms with Crippen LogP contribution in [0.2, 0.25) is 0 Å². The van der Waals surface area contributed by atoms with Gasteiger partial charge < -0.3 is 19.5 Å². The average molecular weight is 385 g/mol. The molecule has 0 aliphatic carbocycles. The van der Waals surface area contributed by atoms with Crippen molar-refractivity contribution < 1.29 is 23.8 Å². The molecule has 2 aromatic carbocycles. The summed E-state index contributed by atoms with van der Waals surface area (Å²) in [5.74, 6) is 0.602. The van der Waals surface area contributed by atoms with Crippen LogP contribution >= 0.6 is 0 Å². The zero-order valence-corrected chi connectivity index (χ0v) is 16.5. The Hall–Kier alpha value is -3.02. The molecule has 0 spiro atoms. The predicted octanol–water partition coefficient (Wildman–Crippen LogP) is 3.35. The van der Waals surface area contributed by atoms with Crippen LogP contribution < -0.4 is 14.8 Å². The second-order valence-corrected chi connectivity index (χ2v) is 6.80. The summed E-state index contributed by atoms with van der Waals surface area (Å²) in [4.78, 5) is 23.4. The molecule has 2 rings (SSSR count). The van der Waals surface area contributed by atoms with Gasteiger partial charge in [-0.2, -0.15) is 0 Å². The lowest BCUT2D eigenvalue weighted by Crippen LogP contribution is -2.39. The van der Waals surface area contributed by atoms with Gasteiger partial charge in [0.15, 0.2) is 13.2 Å². The maximum absolute atomic E-state index is 11.7. The number of rotatable bonds is 10. The molecule has 0 heterocycles. The van der Waals surface area contributed by atoms with E-state index in [0.717, 1.165) is 5.56 Å². The zero-order chi connectivity index (χ0) is 20.4. The molecule has 0 fully saturated rings. The minimum atomic E-state index is -0.600. The Kier molecular flexibility index (Phi) is 8.34. The van der Waals surface area contributed by atoms with Crippen LogP contribution in [-0.2, 0) is 20.9 Å². The van der Waals surface area contributed by atoms with Gasteiger partial charge in [-0.1, -0.05) is 44.2 Å². The number of nitrogens with one attached hydrogen (secondary N) is 1. The summed E-state index contributed by atoms with van der Waals surface area (Å²) in [5, 5.41) is 2.77. The first-order chi connectivity index (χ1) is 13.4. The van der Waals surface area contributed by atoms with Crippen molar-refractivity contribution in [1.29, 1.82) is 0 Å². The van der Waals surface area contributed by atoms with Crippen LogP contribution in [0.3, 0.4) is 0 Å². The summed E-state index contributed by atoms with van der Waals surface area (Å²) in [6.07, 6.45) is 0. The van der Waals surface area contributed by atoms with Crippen molar-refractivity contribution in [2.75, 3.05) is 13.2 Å². The van der Waals surface area contributed by atoms with Crippen LogP contribution in [0.15, 0.2) is 54.6 Å². The van der Waals surface area contributed by atoms with E-state index in [9.17, 15) is 9.59 Å². The minimum Gasteiger partial charge on any atom is -0.489 e. The van der Waals surface area contributed by atoms with Gasteiger partial charge in [0.05, 0.1) is 0 Å². The SMILES string of the molecule is CC(C)[C@@H](C)NC(=O)COC(=O)COc1ccc(OCc2ccccc2)cc1. The first kappa shape index (κ1) is 21.3. The second-order valence-electron chi connectivity index (χ2n) is 6.80. The monoisotopic (exact) mass is 385 g/mol. The number of hydrogen-bond donors (Lipinski definition) is 1. The molecule has 1 N–H and O–H groups in total. The summed E-state index contributed by atoms with van der Waals surface area (Å²) in [7, 11) is 0. The van der Waals surface area contributed by atoms with Crippen molar-refractivity contribution in [1.82, 2.24) is 5.32 Å². The van der Waals surface area contributed by atoms with E-state index >= 15 is 0 Å². The Labute approximate surface area is 165 Å². The maximum atomic E-state index is 11.7. The van der Waals surface area contributed by atoms with E-state index in [4.69, 9.17) is 14.2 Å². The molecule has 0 radical (unpaired) electrons. The molecule has 0 aliphatic rings. The number of carbonyl (C=O) groups is 2. The third-order valence-electron chi connectivity index (χ3n) is 4.18. The number of esters is 1. The summed E-state index contributed by atoms with van der Waals surface area (Å²) in [6.45, 7) is 5.81. The van der Waals surface area contributed by atoms with Gasteiger partial charge in [0.25, 0.3) is 5.91 Å². The molecule has 0 unspecified atom stereocenters. The summed E-state index contributed by atoms with van der Waals surface area (Å²) in [6, 6.07) is 16.8. The zero-order valence-electron chi connectivity index (χ0n) is 16.5. The summed E-state index contributed by atoms with van der Waals surface area (Å²) >= 11 is 0. The molecular formula is C22H27NO5. The molecule has 1 amide bonds. The van der Waals surface area contributed by atoms with Crippen LogP contribution in [0.5, 0.6) is 11.5 Å². The summed E-state index contributed by atoms with van der Waals surface area (Å²) < 4.78 is 16.0. The van der Waals surface area contributed by atoms with Crippen molar-refractivity contribution in [3.05, 3.63) is 60.2 Å². The molecular weight excluding hydrogens is 358 g/mol. The van der Waals surface area contributed by atoms with Crippen molar-refractivity contribution in [3.63, 3.8) is 0 Å². The van der Waals surface area contributed by atoms with Crippen molar-refractivity contribution >= 4 is 11.9 Å². The number of hydrogen-bond acceptors (Lipinski definition) is 5. The van der Waals surface area contributed by atoms with Gasteiger partial charge in [-0.05, 0) is 42.7 Å². The van der Waals surface area contributed by atoms with Crippen LogP contribution in [0.1, 0.15) is 26.3 Å². The Balaban J connectivity index is 1.68. The quantitative estimate of drug-likeness (QED) is 0.635. The van der Waals surface area contributed by atoms with Gasteiger partial charge in [0.2, 0.25) is 0 Å². The molecule has 0 saturated heterocycles. The first-order valence-electron chi connectivity index (χ1n) is 9.28. The van der Waals surface area contributed by atoms with Crippen molar-refractivity contribution in [2.24, 2.45) is 5.92 Å². The predicted molar refractivity (Wildman–Crippen MR) is 106 cm³/mol. The van der Waals surface area contributed by atoms with E-state index < -0.39 is 5.97 Å². The van der Waals surface area contributed by atoms with Crippen LogP contribution in [-0.4, -0.2) is 31.1 Å². The Morgan fingerprint density at radius 3 is 2.07 bits per heavy atom. The highest BCUT2D eigenvalue weighted by atomic mass is 16.6. The number of benzene rings is 2. The van der Waals surface area contributed by atoms with E-state index in [0.29, 0.717) is 24.0 Å². The molecule has 0 aliphatic heterocycles. The number of ether oxygens (including phenoxy) is 3. The van der Waals surface area contributed by atoms with Gasteiger partial charge in [0, 0.05) is 6.04 Å². The van der Waals surface area contributed by atoms with Crippen LogP contribution in [0.25, 0.3) is 0 Å². The molecule has 28 heavy (non-hydrogen) atoms. The molecule has 150 valence electrons. The molecule has 0 aromatic heterocycles. The molecule has 6 nitrogen and oxygen atoms in total. The van der Waals surface area contributed by atoms with E-state index in [1.165, 1.54) is 0 Å². The minimum absolute atomic E-state index is 0.0186. The molecule has 6 heteroatoms. The largest absolute Gasteiger partial charge is 0.489 e. The second kappa shape index (κ2) is 11.0. The van der Waals surface area contributed by atoms with Gasteiger partial charge in [-0.15, -0.1) is 0 Å². The normalized spacial score (nSPS) is 11.6. The molecule has 1 atom stereocenters. The van der Waals surface area contributed by atoms with E-state index in [2.05, 4.69) is 5.32 Å². The molecule has 0 saturated carbocycles. The van der Waals surface area contributed by atoms with E-state index in [1.807, 2.05) is 51.1 Å². The standard InChI is InChI=1S/C22H27NO5/c1-16(2)17(3)23-21(24)14-28-22(25)15-27-20-11-9-19(10-12-20)26-13-18-7-5-4-6-8-18/h4-12,16-17H,13-15H2,1-3H3,(H,23,24)/t17-/m1/s1. The Morgan fingerprint density at radius 2 is 1.46 bits per heavy atom. The highest BCUT2D eigenvalue weighted by molar-refractivity contribution is 5.81. The van der Waals surface area contributed by atoms with Crippen LogP contribution in [0, 0.1) is 5.92 Å². The lowest BCUT2D eigenvalue weighted by molar-refractivity contribution is -0.150. The average Bonchev–Trinajstić information content (AvgIpc) is 2.70. The fourth-order valence-corrected chi connectivity index (χ4v) is 2.17. The maximum Gasteiger partial charge on any atom is 0.344 e. The topological polar surface area (TPSA) is 73.9 Å². The third-order valence-corrected chi connectivity index (χ3v) is 4.18. The molecule has 0 bridgehead atoms. The highest BCUT2D eigenvalue weighted by Crippen LogP contribution is 2.18. The Bertz CT molecular complexity index is 743. The third kappa shape index (κ3) is 7.70. The smallest absolute Gasteiger partial charge is 0.344 e. The lowest BCUT2D eigenvalue weighted by Gasteiger charge is -2.17. The van der Waals surface area contributed by atoms with Gasteiger partial charge in [-0.25, -0.2) is 4.79 Å². The fraction of sp³-hybridized carbons (Fsp3) is 0.364. The first-order valence-corrected chi connectivity index (χ1v) is 9.28. The number of carbonyl (C=O) groups excluding carboxylic acids is 2. The van der Waals surface area contributed by atoms with Crippen molar-refractivity contribution in [3.8, 4) is 11.5 Å². The number of amides is 1. The van der Waals surface area contributed by atoms with E-state index in [1.54, 1.807) is 24.3 Å². The van der Waals surface area contributed by atoms with Gasteiger partial charge >= 0.3 is 5.97 Å². The van der Waals surface area contributed by atoms with E-state index in [-0.39, 0.29) is 25.2 Å². The van der Waals surface area contributed by atoms with Crippen LogP contribution in [0.4, 0.5) is 0 Å². The van der Waals surface area contributed by atoms with Gasteiger partial charge in [0.1, 0.15) is 18.1 Å². The van der Waals surface area contributed by atoms with Crippen molar-refractivity contribution in [2.45, 2.75) is 33.4 Å². The van der Waals surface area contributed by atoms with Gasteiger partial charge in [-0.3, -0.25) is 4.79 Å². The lowest BCUT2D eigenvalue weighted by atomic mass is 10.1. The highest BCUT2D eigenvalue weighted by Gasteiger charge is 2.13. The summed E-state index contributed by atoms with van der Waals surface area (Å²) in [5.41, 5.74) is 1.08. The Morgan fingerprint density at radius 1 is 0.857 bits per heavy atom.